The van der Waals surface area contributed by atoms with Gasteiger partial charge in [0.15, 0.2) is 0 Å². The predicted octanol–water partition coefficient (Wildman–Crippen LogP) is 3.22. The van der Waals surface area contributed by atoms with Crippen LogP contribution in [0.2, 0.25) is 0 Å². The van der Waals surface area contributed by atoms with Gasteiger partial charge in [-0.25, -0.2) is 0 Å². The van der Waals surface area contributed by atoms with Crippen LogP contribution >= 0.6 is 0 Å². The van der Waals surface area contributed by atoms with Crippen LogP contribution in [0.15, 0.2) is 12.1 Å². The van der Waals surface area contributed by atoms with Gasteiger partial charge < -0.3 is 15.5 Å². The van der Waals surface area contributed by atoms with E-state index in [9.17, 15) is 10.2 Å². The average Bonchev–Trinajstić information content (AvgIpc) is 2.40. The molecule has 18 heavy (non-hydrogen) atoms. The molecule has 0 saturated carbocycles. The number of phenols is 1. The van der Waals surface area contributed by atoms with E-state index in [-0.39, 0.29) is 12.0 Å². The summed E-state index contributed by atoms with van der Waals surface area (Å²) in [6.45, 7) is 8.90. The number of aryl methyl sites for hydroxylation is 1. The Morgan fingerprint density at radius 1 is 1.17 bits per heavy atom. The first-order valence-corrected chi connectivity index (χ1v) is 6.63. The van der Waals surface area contributed by atoms with Crippen LogP contribution in [-0.4, -0.2) is 23.4 Å². The molecule has 3 heteroatoms. The second kappa shape index (κ2) is 6.10. The highest BCUT2D eigenvalue weighted by Gasteiger charge is 2.25. The minimum Gasteiger partial charge on any atom is -0.507 e. The molecule has 0 atom stereocenters. The fourth-order valence-corrected chi connectivity index (χ4v) is 2.09. The number of aromatic hydroxyl groups is 1. The molecular formula is C15H25NO2. The summed E-state index contributed by atoms with van der Waals surface area (Å²) < 4.78 is 0. The van der Waals surface area contributed by atoms with Crippen LogP contribution in [0.1, 0.15) is 37.8 Å². The molecule has 0 radical (unpaired) electrons. The molecule has 0 saturated heterocycles. The summed E-state index contributed by atoms with van der Waals surface area (Å²) in [4.78, 5) is 0. The number of benzene rings is 1. The van der Waals surface area contributed by atoms with E-state index >= 15 is 0 Å². The van der Waals surface area contributed by atoms with Gasteiger partial charge in [-0.05, 0) is 38.3 Å². The van der Waals surface area contributed by atoms with Gasteiger partial charge >= 0.3 is 0 Å². The summed E-state index contributed by atoms with van der Waals surface area (Å²) in [6.07, 6.45) is 1.87. The number of hydrogen-bond donors (Lipinski definition) is 3. The minimum atomic E-state index is -0.0764. The number of aliphatic hydroxyl groups excluding tert-OH is 1. The Morgan fingerprint density at radius 3 is 2.28 bits per heavy atom. The smallest absolute Gasteiger partial charge is 0.123 e. The number of phenolic OH excluding ortho intramolecular Hbond substituents is 1. The first-order valence-electron chi connectivity index (χ1n) is 6.63. The van der Waals surface area contributed by atoms with Gasteiger partial charge in [0.05, 0.1) is 6.61 Å². The maximum absolute atomic E-state index is 9.90. The summed E-state index contributed by atoms with van der Waals surface area (Å²) in [6, 6.07) is 3.89. The fourth-order valence-electron chi connectivity index (χ4n) is 2.09. The van der Waals surface area contributed by atoms with Gasteiger partial charge in [0.1, 0.15) is 5.75 Å². The molecule has 3 N–H and O–H groups in total. The van der Waals surface area contributed by atoms with Crippen molar-refractivity contribution in [3.63, 3.8) is 0 Å². The lowest BCUT2D eigenvalue weighted by Gasteiger charge is -2.30. The number of hydrogen-bond acceptors (Lipinski definition) is 3. The van der Waals surface area contributed by atoms with Crippen LogP contribution in [0.4, 0.5) is 5.69 Å². The van der Waals surface area contributed by atoms with Crippen molar-refractivity contribution >= 4 is 5.69 Å². The van der Waals surface area contributed by atoms with E-state index in [1.54, 1.807) is 0 Å². The van der Waals surface area contributed by atoms with Crippen molar-refractivity contribution in [2.75, 3.05) is 18.5 Å². The molecule has 1 rings (SSSR count). The van der Waals surface area contributed by atoms with Gasteiger partial charge in [-0.1, -0.05) is 19.9 Å². The second-order valence-electron chi connectivity index (χ2n) is 5.12. The average molecular weight is 251 g/mol. The molecule has 0 fully saturated rings. The van der Waals surface area contributed by atoms with Crippen LogP contribution in [0, 0.1) is 19.3 Å². The largest absolute Gasteiger partial charge is 0.507 e. The Bertz CT molecular complexity index is 389. The first kappa shape index (κ1) is 14.8. The Labute approximate surface area is 110 Å². The molecular weight excluding hydrogens is 226 g/mol. The highest BCUT2D eigenvalue weighted by Crippen LogP contribution is 2.31. The third-order valence-electron chi connectivity index (χ3n) is 4.12. The molecule has 0 spiro atoms. The van der Waals surface area contributed by atoms with E-state index < -0.39 is 0 Å². The topological polar surface area (TPSA) is 52.5 Å². The predicted molar refractivity (Wildman–Crippen MR) is 76.2 cm³/mol. The van der Waals surface area contributed by atoms with Gasteiger partial charge in [0.25, 0.3) is 0 Å². The van der Waals surface area contributed by atoms with Crippen molar-refractivity contribution < 1.29 is 10.2 Å². The molecule has 0 bridgehead atoms. The standard InChI is InChI=1S/C15H25NO2/c1-5-15(6-2,10-17)9-16-13-8-7-11(3)14(18)12(13)4/h7-8,16-18H,5-6,9-10H2,1-4H3. The summed E-state index contributed by atoms with van der Waals surface area (Å²) >= 11 is 0. The normalized spacial score (nSPS) is 11.6. The van der Waals surface area contributed by atoms with Gasteiger partial charge in [0, 0.05) is 23.2 Å². The maximum Gasteiger partial charge on any atom is 0.123 e. The second-order valence-corrected chi connectivity index (χ2v) is 5.12. The Kier molecular flexibility index (Phi) is 5.03. The lowest BCUT2D eigenvalue weighted by molar-refractivity contribution is 0.127. The zero-order valence-corrected chi connectivity index (χ0v) is 11.9. The molecule has 0 heterocycles. The number of rotatable bonds is 6. The SMILES string of the molecule is CCC(CC)(CO)CNc1ccc(C)c(O)c1C. The molecule has 0 aromatic heterocycles. The van der Waals surface area contributed by atoms with Crippen molar-refractivity contribution in [3.8, 4) is 5.75 Å². The molecule has 1 aromatic rings. The number of nitrogens with one attached hydrogen (secondary N) is 1. The van der Waals surface area contributed by atoms with E-state index in [0.717, 1.165) is 36.2 Å². The fraction of sp³-hybridized carbons (Fsp3) is 0.600. The summed E-state index contributed by atoms with van der Waals surface area (Å²) in [5.41, 5.74) is 2.62. The first-order chi connectivity index (χ1) is 8.49. The molecule has 0 unspecified atom stereocenters. The number of aliphatic hydroxyl groups is 1. The lowest BCUT2D eigenvalue weighted by Crippen LogP contribution is -2.32. The molecule has 0 aliphatic heterocycles. The third-order valence-corrected chi connectivity index (χ3v) is 4.12. The Morgan fingerprint density at radius 2 is 1.78 bits per heavy atom. The minimum absolute atomic E-state index is 0.0764. The van der Waals surface area contributed by atoms with E-state index in [0.29, 0.717) is 5.75 Å². The van der Waals surface area contributed by atoms with E-state index in [4.69, 9.17) is 0 Å². The third kappa shape index (κ3) is 2.96. The van der Waals surface area contributed by atoms with Crippen molar-refractivity contribution in [2.24, 2.45) is 5.41 Å². The van der Waals surface area contributed by atoms with E-state index in [1.165, 1.54) is 0 Å². The van der Waals surface area contributed by atoms with Crippen LogP contribution in [0.3, 0.4) is 0 Å². The van der Waals surface area contributed by atoms with Crippen LogP contribution < -0.4 is 5.32 Å². The van der Waals surface area contributed by atoms with Crippen molar-refractivity contribution in [3.05, 3.63) is 23.3 Å². The highest BCUT2D eigenvalue weighted by atomic mass is 16.3. The van der Waals surface area contributed by atoms with Gasteiger partial charge in [-0.15, -0.1) is 0 Å². The van der Waals surface area contributed by atoms with Crippen LogP contribution in [-0.2, 0) is 0 Å². The summed E-state index contributed by atoms with van der Waals surface area (Å²) in [5.74, 6) is 0.350. The van der Waals surface area contributed by atoms with Gasteiger partial charge in [-0.3, -0.25) is 0 Å². The van der Waals surface area contributed by atoms with E-state index in [2.05, 4.69) is 19.2 Å². The van der Waals surface area contributed by atoms with Gasteiger partial charge in [-0.2, -0.15) is 0 Å². The molecule has 1 aromatic carbocycles. The monoisotopic (exact) mass is 251 g/mol. The zero-order chi connectivity index (χ0) is 13.8. The highest BCUT2D eigenvalue weighted by molar-refractivity contribution is 5.59. The summed E-state index contributed by atoms with van der Waals surface area (Å²) in [5, 5.41) is 22.8. The molecule has 0 amide bonds. The molecule has 102 valence electrons. The summed E-state index contributed by atoms with van der Waals surface area (Å²) in [7, 11) is 0. The number of anilines is 1. The molecule has 3 nitrogen and oxygen atoms in total. The van der Waals surface area contributed by atoms with Crippen molar-refractivity contribution in [1.29, 1.82) is 0 Å². The zero-order valence-electron chi connectivity index (χ0n) is 11.9. The molecule has 0 aliphatic carbocycles. The maximum atomic E-state index is 9.90. The van der Waals surface area contributed by atoms with Crippen molar-refractivity contribution in [2.45, 2.75) is 40.5 Å². The Balaban J connectivity index is 2.83. The van der Waals surface area contributed by atoms with Crippen LogP contribution in [0.5, 0.6) is 5.75 Å². The lowest BCUT2D eigenvalue weighted by atomic mass is 9.83. The van der Waals surface area contributed by atoms with Crippen LogP contribution in [0.25, 0.3) is 0 Å². The Hall–Kier alpha value is -1.22. The molecule has 0 aliphatic rings. The quantitative estimate of drug-likeness (QED) is 0.727. The van der Waals surface area contributed by atoms with Crippen molar-refractivity contribution in [1.82, 2.24) is 0 Å². The van der Waals surface area contributed by atoms with E-state index in [1.807, 2.05) is 26.0 Å². The van der Waals surface area contributed by atoms with Gasteiger partial charge in [0.2, 0.25) is 0 Å².